The van der Waals surface area contributed by atoms with Crippen LogP contribution < -0.4 is 0 Å². The van der Waals surface area contributed by atoms with Gasteiger partial charge in [0.1, 0.15) is 0 Å². The Balaban J connectivity index is 1.63. The Hall–Kier alpha value is -3.13. The van der Waals surface area contributed by atoms with Crippen molar-refractivity contribution in [1.82, 2.24) is 9.80 Å². The minimum atomic E-state index is -0.0931. The first-order valence-electron chi connectivity index (χ1n) is 9.62. The predicted molar refractivity (Wildman–Crippen MR) is 105 cm³/mol. The molecule has 4 rings (SSSR count). The SMILES string of the molecule is CC(=O)N1C[C@H]2CN(C(=O)c3ccccc3C#N)C[C@H]2[C@@H]1c1ccccc1C. The third kappa shape index (κ3) is 2.95. The molecule has 2 heterocycles. The Morgan fingerprint density at radius 3 is 2.46 bits per heavy atom. The first kappa shape index (κ1) is 18.2. The van der Waals surface area contributed by atoms with Crippen LogP contribution in [-0.2, 0) is 4.79 Å². The number of rotatable bonds is 2. The molecule has 2 saturated heterocycles. The summed E-state index contributed by atoms with van der Waals surface area (Å²) in [4.78, 5) is 29.2. The normalized spacial score (nSPS) is 23.4. The molecule has 2 aromatic rings. The summed E-state index contributed by atoms with van der Waals surface area (Å²) in [5, 5.41) is 9.32. The number of carbonyl (C=O) groups excluding carboxylic acids is 2. The average molecular weight is 373 g/mol. The molecule has 2 fully saturated rings. The summed E-state index contributed by atoms with van der Waals surface area (Å²) in [6, 6.07) is 17.2. The molecule has 5 heteroatoms. The van der Waals surface area contributed by atoms with E-state index < -0.39 is 0 Å². The van der Waals surface area contributed by atoms with Gasteiger partial charge in [-0.3, -0.25) is 9.59 Å². The monoisotopic (exact) mass is 373 g/mol. The van der Waals surface area contributed by atoms with Gasteiger partial charge >= 0.3 is 0 Å². The summed E-state index contributed by atoms with van der Waals surface area (Å²) in [6.45, 7) is 5.59. The second-order valence-corrected chi connectivity index (χ2v) is 7.76. The van der Waals surface area contributed by atoms with Gasteiger partial charge in [-0.15, -0.1) is 0 Å². The second kappa shape index (κ2) is 7.12. The Bertz CT molecular complexity index is 978. The lowest BCUT2D eigenvalue weighted by Gasteiger charge is -2.30. The molecule has 0 radical (unpaired) electrons. The first-order chi connectivity index (χ1) is 13.5. The molecule has 0 N–H and O–H groups in total. The molecule has 2 aromatic carbocycles. The minimum absolute atomic E-state index is 0.00675. The smallest absolute Gasteiger partial charge is 0.255 e. The number of hydrogen-bond acceptors (Lipinski definition) is 3. The summed E-state index contributed by atoms with van der Waals surface area (Å²) >= 11 is 0. The lowest BCUT2D eigenvalue weighted by atomic mass is 9.87. The molecular formula is C23H23N3O2. The van der Waals surface area contributed by atoms with Gasteiger partial charge in [0.15, 0.2) is 0 Å². The van der Waals surface area contributed by atoms with Crippen molar-refractivity contribution in [3.8, 4) is 6.07 Å². The number of carbonyl (C=O) groups is 2. The van der Waals surface area contributed by atoms with Crippen molar-refractivity contribution in [2.24, 2.45) is 11.8 Å². The van der Waals surface area contributed by atoms with Crippen LogP contribution in [0.25, 0.3) is 0 Å². The van der Waals surface area contributed by atoms with E-state index in [4.69, 9.17) is 0 Å². The average Bonchev–Trinajstić information content (AvgIpc) is 3.26. The molecule has 0 saturated carbocycles. The lowest BCUT2D eigenvalue weighted by Crippen LogP contribution is -2.36. The van der Waals surface area contributed by atoms with Crippen LogP contribution in [-0.4, -0.2) is 41.2 Å². The molecule has 2 aliphatic heterocycles. The summed E-state index contributed by atoms with van der Waals surface area (Å²) in [5.41, 5.74) is 3.20. The van der Waals surface area contributed by atoms with Crippen molar-refractivity contribution in [1.29, 1.82) is 5.26 Å². The molecule has 0 spiro atoms. The number of aryl methyl sites for hydroxylation is 1. The Morgan fingerprint density at radius 1 is 1.04 bits per heavy atom. The summed E-state index contributed by atoms with van der Waals surface area (Å²) in [6.07, 6.45) is 0. The van der Waals surface area contributed by atoms with E-state index >= 15 is 0 Å². The van der Waals surface area contributed by atoms with Gasteiger partial charge in [-0.1, -0.05) is 36.4 Å². The fraction of sp³-hybridized carbons (Fsp3) is 0.348. The van der Waals surface area contributed by atoms with Gasteiger partial charge in [0.05, 0.1) is 23.2 Å². The Labute approximate surface area is 165 Å². The molecule has 0 aromatic heterocycles. The van der Waals surface area contributed by atoms with Gasteiger partial charge in [0.2, 0.25) is 5.91 Å². The van der Waals surface area contributed by atoms with Gasteiger partial charge in [0.25, 0.3) is 5.91 Å². The quantitative estimate of drug-likeness (QED) is 0.812. The first-order valence-corrected chi connectivity index (χ1v) is 9.62. The Kier molecular flexibility index (Phi) is 4.64. The van der Waals surface area contributed by atoms with Crippen LogP contribution in [0.3, 0.4) is 0 Å². The second-order valence-electron chi connectivity index (χ2n) is 7.76. The van der Waals surface area contributed by atoms with Crippen LogP contribution in [0.4, 0.5) is 0 Å². The van der Waals surface area contributed by atoms with Crippen molar-refractivity contribution >= 4 is 11.8 Å². The molecule has 28 heavy (non-hydrogen) atoms. The number of hydrogen-bond donors (Lipinski definition) is 0. The number of amides is 2. The highest BCUT2D eigenvalue weighted by Gasteiger charge is 2.49. The molecule has 2 amide bonds. The van der Waals surface area contributed by atoms with Crippen molar-refractivity contribution in [2.45, 2.75) is 19.9 Å². The third-order valence-electron chi connectivity index (χ3n) is 6.14. The van der Waals surface area contributed by atoms with Crippen molar-refractivity contribution in [2.75, 3.05) is 19.6 Å². The van der Waals surface area contributed by atoms with E-state index in [1.165, 1.54) is 5.56 Å². The molecule has 0 aliphatic carbocycles. The van der Waals surface area contributed by atoms with Crippen molar-refractivity contribution in [3.63, 3.8) is 0 Å². The molecule has 142 valence electrons. The van der Waals surface area contributed by atoms with Crippen LogP contribution in [0, 0.1) is 30.1 Å². The molecule has 0 unspecified atom stereocenters. The molecule has 3 atom stereocenters. The van der Waals surface area contributed by atoms with Gasteiger partial charge in [-0.05, 0) is 30.2 Å². The van der Waals surface area contributed by atoms with E-state index in [2.05, 4.69) is 25.1 Å². The maximum atomic E-state index is 13.1. The summed E-state index contributed by atoms with van der Waals surface area (Å²) < 4.78 is 0. The van der Waals surface area contributed by atoms with Crippen LogP contribution in [0.5, 0.6) is 0 Å². The molecular weight excluding hydrogens is 350 g/mol. The highest BCUT2D eigenvalue weighted by molar-refractivity contribution is 5.96. The van der Waals surface area contributed by atoms with E-state index in [0.29, 0.717) is 30.8 Å². The zero-order chi connectivity index (χ0) is 19.8. The van der Waals surface area contributed by atoms with E-state index in [9.17, 15) is 14.9 Å². The Morgan fingerprint density at radius 2 is 1.75 bits per heavy atom. The summed E-state index contributed by atoms with van der Waals surface area (Å²) in [7, 11) is 0. The fourth-order valence-electron chi connectivity index (χ4n) is 4.79. The van der Waals surface area contributed by atoms with E-state index in [0.717, 1.165) is 5.56 Å². The lowest BCUT2D eigenvalue weighted by molar-refractivity contribution is -0.130. The van der Waals surface area contributed by atoms with E-state index in [1.54, 1.807) is 31.2 Å². The highest BCUT2D eigenvalue weighted by atomic mass is 16.2. The minimum Gasteiger partial charge on any atom is -0.338 e. The van der Waals surface area contributed by atoms with Crippen LogP contribution in [0.2, 0.25) is 0 Å². The maximum absolute atomic E-state index is 13.1. The fourth-order valence-corrected chi connectivity index (χ4v) is 4.79. The maximum Gasteiger partial charge on any atom is 0.255 e. The van der Waals surface area contributed by atoms with Crippen LogP contribution in [0.15, 0.2) is 48.5 Å². The zero-order valence-corrected chi connectivity index (χ0v) is 16.1. The van der Waals surface area contributed by atoms with Crippen molar-refractivity contribution < 1.29 is 9.59 Å². The number of fused-ring (bicyclic) bond motifs is 1. The third-order valence-corrected chi connectivity index (χ3v) is 6.14. The molecule has 5 nitrogen and oxygen atoms in total. The largest absolute Gasteiger partial charge is 0.338 e. The highest BCUT2D eigenvalue weighted by Crippen LogP contribution is 2.46. The molecule has 2 aliphatic rings. The van der Waals surface area contributed by atoms with Gasteiger partial charge in [-0.2, -0.15) is 5.26 Å². The number of benzene rings is 2. The van der Waals surface area contributed by atoms with Gasteiger partial charge < -0.3 is 9.80 Å². The zero-order valence-electron chi connectivity index (χ0n) is 16.1. The van der Waals surface area contributed by atoms with E-state index in [-0.39, 0.29) is 29.7 Å². The summed E-state index contributed by atoms with van der Waals surface area (Å²) in [5.74, 6) is 0.453. The van der Waals surface area contributed by atoms with Crippen LogP contribution >= 0.6 is 0 Å². The number of nitriles is 1. The van der Waals surface area contributed by atoms with E-state index in [1.807, 2.05) is 21.9 Å². The van der Waals surface area contributed by atoms with Gasteiger partial charge in [0, 0.05) is 38.4 Å². The van der Waals surface area contributed by atoms with Gasteiger partial charge in [-0.25, -0.2) is 0 Å². The standard InChI is InChI=1S/C23H23N3O2/c1-15-7-3-5-9-19(15)22-21-14-25(12-18(21)13-26(22)16(2)27)23(28)20-10-6-4-8-17(20)11-24/h3-10,18,21-22H,12-14H2,1-2H3/t18-,21-,22+/m1/s1. The predicted octanol–water partition coefficient (Wildman–Crippen LogP) is 3.16. The van der Waals surface area contributed by atoms with Crippen molar-refractivity contribution in [3.05, 3.63) is 70.8 Å². The topological polar surface area (TPSA) is 64.4 Å². The number of likely N-dealkylation sites (tertiary alicyclic amines) is 2. The number of nitrogens with zero attached hydrogens (tertiary/aromatic N) is 3. The van der Waals surface area contributed by atoms with Crippen LogP contribution in [0.1, 0.15) is 40.0 Å². The molecule has 0 bridgehead atoms.